The lowest BCUT2D eigenvalue weighted by atomic mass is 9.93. The molecule has 1 unspecified atom stereocenters. The Morgan fingerprint density at radius 1 is 1.09 bits per heavy atom. The minimum absolute atomic E-state index is 0.332. The highest BCUT2D eigenvalue weighted by molar-refractivity contribution is 5.70. The van der Waals surface area contributed by atoms with Crippen molar-refractivity contribution in [2.45, 2.75) is 44.9 Å². The average molecular weight is 310 g/mol. The predicted octanol–water partition coefficient (Wildman–Crippen LogP) is 3.89. The molecule has 120 valence electrons. The largest absolute Gasteiger partial charge is 0.481 e. The molecule has 4 nitrogen and oxygen atoms in total. The number of hydrogen-bond acceptors (Lipinski definition) is 3. The van der Waals surface area contributed by atoms with Crippen LogP contribution < -0.4 is 0 Å². The van der Waals surface area contributed by atoms with Crippen molar-refractivity contribution in [2.75, 3.05) is 0 Å². The monoisotopic (exact) mass is 310 g/mol. The lowest BCUT2D eigenvalue weighted by molar-refractivity contribution is -0.142. The fourth-order valence-corrected chi connectivity index (χ4v) is 3.22. The summed E-state index contributed by atoms with van der Waals surface area (Å²) in [6, 6.07) is 10.4. The molecule has 0 spiro atoms. The Morgan fingerprint density at radius 2 is 1.96 bits per heavy atom. The van der Waals surface area contributed by atoms with Crippen LogP contribution in [0.1, 0.15) is 43.2 Å². The molecule has 23 heavy (non-hydrogen) atoms. The van der Waals surface area contributed by atoms with Gasteiger partial charge in [-0.15, -0.1) is 0 Å². The van der Waals surface area contributed by atoms with Crippen molar-refractivity contribution in [3.8, 4) is 11.3 Å². The molecule has 4 heteroatoms. The lowest BCUT2D eigenvalue weighted by Crippen LogP contribution is -2.17. The molecule has 0 amide bonds. The van der Waals surface area contributed by atoms with Crippen molar-refractivity contribution in [1.82, 2.24) is 10.2 Å². The first-order valence-electron chi connectivity index (χ1n) is 8.36. The SMILES string of the molecule is O=C(O)C1CCCCCCc2cccc(c2)-c2cc(cnn2)C1. The molecule has 0 fully saturated rings. The quantitative estimate of drug-likeness (QED) is 0.868. The second-order valence-electron chi connectivity index (χ2n) is 6.34. The van der Waals surface area contributed by atoms with Gasteiger partial charge in [0.2, 0.25) is 0 Å². The number of fused-ring (bicyclic) bond motifs is 5. The first-order chi connectivity index (χ1) is 11.2. The van der Waals surface area contributed by atoms with Crippen LogP contribution in [0, 0.1) is 5.92 Å². The molecule has 2 aromatic rings. The van der Waals surface area contributed by atoms with E-state index in [9.17, 15) is 9.90 Å². The second kappa shape index (κ2) is 7.36. The smallest absolute Gasteiger partial charge is 0.306 e. The van der Waals surface area contributed by atoms with Gasteiger partial charge >= 0.3 is 5.97 Å². The lowest BCUT2D eigenvalue weighted by Gasteiger charge is -2.13. The first-order valence-corrected chi connectivity index (χ1v) is 8.36. The summed E-state index contributed by atoms with van der Waals surface area (Å²) in [5, 5.41) is 17.8. The van der Waals surface area contributed by atoms with Crippen molar-refractivity contribution < 1.29 is 9.90 Å². The maximum atomic E-state index is 11.5. The highest BCUT2D eigenvalue weighted by atomic mass is 16.4. The van der Waals surface area contributed by atoms with E-state index in [2.05, 4.69) is 28.4 Å². The maximum Gasteiger partial charge on any atom is 0.306 e. The Bertz CT molecular complexity index is 685. The van der Waals surface area contributed by atoms with Crippen LogP contribution in [-0.4, -0.2) is 21.3 Å². The van der Waals surface area contributed by atoms with Crippen molar-refractivity contribution in [3.05, 3.63) is 47.7 Å². The maximum absolute atomic E-state index is 11.5. The van der Waals surface area contributed by atoms with Crippen LogP contribution in [0.3, 0.4) is 0 Å². The molecule has 4 bridgehead atoms. The van der Waals surface area contributed by atoms with E-state index in [1.165, 1.54) is 5.56 Å². The number of hydrogen-bond donors (Lipinski definition) is 1. The van der Waals surface area contributed by atoms with Crippen LogP contribution in [0.4, 0.5) is 0 Å². The fraction of sp³-hybridized carbons (Fsp3) is 0.421. The summed E-state index contributed by atoms with van der Waals surface area (Å²) in [7, 11) is 0. The number of carbonyl (C=O) groups is 1. The fourth-order valence-electron chi connectivity index (χ4n) is 3.22. The van der Waals surface area contributed by atoms with E-state index in [0.29, 0.717) is 6.42 Å². The van der Waals surface area contributed by atoms with Gasteiger partial charge in [-0.1, -0.05) is 37.5 Å². The van der Waals surface area contributed by atoms with Gasteiger partial charge in [0.25, 0.3) is 0 Å². The van der Waals surface area contributed by atoms with Gasteiger partial charge in [0.1, 0.15) is 0 Å². The number of rotatable bonds is 1. The predicted molar refractivity (Wildman–Crippen MR) is 89.1 cm³/mol. The Balaban J connectivity index is 1.94. The van der Waals surface area contributed by atoms with Crippen molar-refractivity contribution in [3.63, 3.8) is 0 Å². The zero-order chi connectivity index (χ0) is 16.1. The molecule has 0 saturated carbocycles. The number of nitrogens with zero attached hydrogens (tertiary/aromatic N) is 2. The Hall–Kier alpha value is -2.23. The van der Waals surface area contributed by atoms with Crippen LogP contribution in [0.5, 0.6) is 0 Å². The van der Waals surface area contributed by atoms with E-state index in [1.54, 1.807) is 6.20 Å². The number of carboxylic acid groups (broad SMARTS) is 1. The summed E-state index contributed by atoms with van der Waals surface area (Å²) < 4.78 is 0. The van der Waals surface area contributed by atoms with Crippen molar-refractivity contribution >= 4 is 5.97 Å². The number of aryl methyl sites for hydroxylation is 1. The van der Waals surface area contributed by atoms with Gasteiger partial charge in [-0.2, -0.15) is 10.2 Å². The van der Waals surface area contributed by atoms with Gasteiger partial charge in [-0.3, -0.25) is 4.79 Å². The van der Waals surface area contributed by atoms with Crippen molar-refractivity contribution in [1.29, 1.82) is 0 Å². The minimum atomic E-state index is -0.711. The third-order valence-electron chi connectivity index (χ3n) is 4.53. The third kappa shape index (κ3) is 4.15. The summed E-state index contributed by atoms with van der Waals surface area (Å²) in [5.41, 5.74) is 4.16. The first kappa shape index (κ1) is 15.7. The van der Waals surface area contributed by atoms with Crippen molar-refractivity contribution in [2.24, 2.45) is 5.92 Å². The Morgan fingerprint density at radius 3 is 2.83 bits per heavy atom. The summed E-state index contributed by atoms with van der Waals surface area (Å²) in [5.74, 6) is -1.04. The van der Waals surface area contributed by atoms with Crippen LogP contribution in [0.15, 0.2) is 36.5 Å². The van der Waals surface area contributed by atoms with Crippen LogP contribution in [0.25, 0.3) is 11.3 Å². The molecule has 1 aliphatic rings. The Kier molecular flexibility index (Phi) is 5.01. The molecular weight excluding hydrogens is 288 g/mol. The van der Waals surface area contributed by atoms with Gasteiger partial charge in [0, 0.05) is 5.56 Å². The van der Waals surface area contributed by atoms with E-state index < -0.39 is 5.97 Å². The molecule has 1 N–H and O–H groups in total. The zero-order valence-corrected chi connectivity index (χ0v) is 13.2. The molecule has 1 heterocycles. The number of aliphatic carboxylic acids is 1. The topological polar surface area (TPSA) is 63.1 Å². The van der Waals surface area contributed by atoms with E-state index in [-0.39, 0.29) is 5.92 Å². The number of aromatic nitrogens is 2. The molecule has 1 aromatic heterocycles. The summed E-state index contributed by atoms with van der Waals surface area (Å²) in [4.78, 5) is 11.5. The zero-order valence-electron chi connectivity index (χ0n) is 13.2. The molecule has 1 atom stereocenters. The van der Waals surface area contributed by atoms with E-state index >= 15 is 0 Å². The van der Waals surface area contributed by atoms with Crippen LogP contribution >= 0.6 is 0 Å². The van der Waals surface area contributed by atoms with Gasteiger partial charge in [0.15, 0.2) is 0 Å². The highest BCUT2D eigenvalue weighted by Crippen LogP contribution is 2.23. The van der Waals surface area contributed by atoms with Gasteiger partial charge in [-0.25, -0.2) is 0 Å². The summed E-state index contributed by atoms with van der Waals surface area (Å²) in [6.07, 6.45) is 8.38. The Labute approximate surface area is 136 Å². The normalized spacial score (nSPS) is 18.9. The van der Waals surface area contributed by atoms with Gasteiger partial charge in [-0.05, 0) is 48.9 Å². The molecule has 0 radical (unpaired) electrons. The average Bonchev–Trinajstić information content (AvgIpc) is 2.56. The standard InChI is InChI=1S/C19H22N2O2/c22-19(23)17-8-4-2-1-3-6-14-7-5-9-16(10-14)18-12-15(11-17)13-20-21-18/h5,7,9-10,12-13,17H,1-4,6,8,11H2,(H,22,23). The molecule has 1 aromatic carbocycles. The van der Waals surface area contributed by atoms with Gasteiger partial charge in [0.05, 0.1) is 17.8 Å². The van der Waals surface area contributed by atoms with E-state index in [4.69, 9.17) is 0 Å². The second-order valence-corrected chi connectivity index (χ2v) is 6.34. The minimum Gasteiger partial charge on any atom is -0.481 e. The molecule has 3 rings (SSSR count). The van der Waals surface area contributed by atoms with Gasteiger partial charge < -0.3 is 5.11 Å². The third-order valence-corrected chi connectivity index (χ3v) is 4.53. The molecular formula is C19H22N2O2. The summed E-state index contributed by atoms with van der Waals surface area (Å²) in [6.45, 7) is 0. The number of benzene rings is 1. The molecule has 0 aliphatic heterocycles. The van der Waals surface area contributed by atoms with Crippen LogP contribution in [-0.2, 0) is 17.6 Å². The van der Waals surface area contributed by atoms with E-state index in [0.717, 1.165) is 55.3 Å². The molecule has 0 saturated heterocycles. The number of carboxylic acids is 1. The highest BCUT2D eigenvalue weighted by Gasteiger charge is 2.18. The van der Waals surface area contributed by atoms with E-state index in [1.807, 2.05) is 12.1 Å². The summed E-state index contributed by atoms with van der Waals surface area (Å²) >= 11 is 0. The van der Waals surface area contributed by atoms with Crippen LogP contribution in [0.2, 0.25) is 0 Å². The molecule has 1 aliphatic carbocycles.